The second kappa shape index (κ2) is 19.1. The maximum atomic E-state index is 2.48. The number of nitrogens with zero attached hydrogens (tertiary/aromatic N) is 2. The maximum absolute atomic E-state index is 2.48. The lowest BCUT2D eigenvalue weighted by Crippen LogP contribution is -2.30. The second-order valence-corrected chi connectivity index (χ2v) is 17.6. The van der Waals surface area contributed by atoms with Crippen molar-refractivity contribution in [3.8, 4) is 0 Å². The number of anilines is 3. The van der Waals surface area contributed by atoms with Crippen molar-refractivity contribution >= 4 is 28.2 Å². The van der Waals surface area contributed by atoms with Gasteiger partial charge in [0.05, 0.1) is 0 Å². The van der Waals surface area contributed by atoms with Gasteiger partial charge in [-0.15, -0.1) is 0 Å². The van der Waals surface area contributed by atoms with Gasteiger partial charge < -0.3 is 9.80 Å². The van der Waals surface area contributed by atoms with E-state index < -0.39 is 0 Å². The van der Waals surface area contributed by atoms with E-state index in [1.165, 1.54) is 92.0 Å². The molecule has 62 heavy (non-hydrogen) atoms. The molecule has 0 aromatic heterocycles. The first kappa shape index (κ1) is 41.0. The normalized spacial score (nSPS) is 17.7. The van der Waals surface area contributed by atoms with Gasteiger partial charge in [0.2, 0.25) is 0 Å². The molecule has 0 unspecified atom stereocenters. The summed E-state index contributed by atoms with van der Waals surface area (Å²) in [5, 5.41) is 0. The molecule has 0 aliphatic heterocycles. The van der Waals surface area contributed by atoms with E-state index in [0.29, 0.717) is 0 Å². The third-order valence-electron chi connectivity index (χ3n) is 13.5. The van der Waals surface area contributed by atoms with Gasteiger partial charge in [0.25, 0.3) is 0 Å². The Morgan fingerprint density at radius 3 is 1.42 bits per heavy atom. The fraction of sp³-hybridized carbons (Fsp3) is 0.233. The Hall–Kier alpha value is -6.38. The summed E-state index contributed by atoms with van der Waals surface area (Å²) in [6.45, 7) is 4.41. The molecule has 0 heterocycles. The van der Waals surface area contributed by atoms with Crippen LogP contribution in [-0.2, 0) is 5.41 Å². The number of benzene rings is 5. The number of aryl methyl sites for hydroxylation is 1. The molecule has 4 aliphatic rings. The van der Waals surface area contributed by atoms with E-state index in [9.17, 15) is 0 Å². The highest BCUT2D eigenvalue weighted by Gasteiger charge is 2.36. The van der Waals surface area contributed by atoms with E-state index in [1.54, 1.807) is 0 Å². The molecule has 0 spiro atoms. The topological polar surface area (TPSA) is 6.48 Å². The largest absolute Gasteiger partial charge is 0.320 e. The molecular weight excluding hydrogens is 749 g/mol. The third-order valence-corrected chi connectivity index (χ3v) is 13.5. The van der Waals surface area contributed by atoms with Crippen LogP contribution in [0, 0.1) is 6.92 Å². The summed E-state index contributed by atoms with van der Waals surface area (Å²) in [6, 6.07) is 50.1. The molecule has 4 aliphatic carbocycles. The number of allylic oxidation sites excluding steroid dienone is 14. The van der Waals surface area contributed by atoms with Crippen molar-refractivity contribution in [3.05, 3.63) is 245 Å². The zero-order valence-electron chi connectivity index (χ0n) is 36.6. The van der Waals surface area contributed by atoms with Crippen LogP contribution >= 0.6 is 0 Å². The Balaban J connectivity index is 1.09. The minimum Gasteiger partial charge on any atom is -0.320 e. The molecule has 0 atom stereocenters. The summed E-state index contributed by atoms with van der Waals surface area (Å²) in [6.07, 6.45) is 35.5. The van der Waals surface area contributed by atoms with Gasteiger partial charge in [0.1, 0.15) is 0 Å². The van der Waals surface area contributed by atoms with E-state index in [4.69, 9.17) is 0 Å². The van der Waals surface area contributed by atoms with E-state index in [2.05, 4.69) is 218 Å². The molecule has 2 heteroatoms. The molecule has 0 saturated heterocycles. The van der Waals surface area contributed by atoms with Crippen LogP contribution in [0.25, 0.3) is 11.1 Å². The fourth-order valence-corrected chi connectivity index (χ4v) is 9.87. The molecule has 0 N–H and O–H groups in total. The van der Waals surface area contributed by atoms with Crippen molar-refractivity contribution in [1.82, 2.24) is 0 Å². The van der Waals surface area contributed by atoms with Gasteiger partial charge in [0.15, 0.2) is 0 Å². The standard InChI is InChI=1S/C60H60N2/c1-46-26-34-54(35-27-46)61(44-58(48-18-8-3-9-19-48)49-20-10-4-11-21-49)56-38-30-52(31-39-56)60(42-16-7-17-43-60)53-32-40-57(41-33-53)62(55-36-28-47(2)29-37-55)45-59(50-22-12-5-13-23-50)51-24-14-6-15-25-51/h3-6,8-10,12-14,18-20,22-24,26-28,30-36,38-41,44-45H,7,11,15-17,21,25,29,37,42-43H2,1-2H3/b58-44-,59-45-. The Morgan fingerprint density at radius 1 is 0.468 bits per heavy atom. The first-order valence-electron chi connectivity index (χ1n) is 23.0. The summed E-state index contributed by atoms with van der Waals surface area (Å²) < 4.78 is 0. The van der Waals surface area contributed by atoms with Gasteiger partial charge in [-0.25, -0.2) is 0 Å². The van der Waals surface area contributed by atoms with Crippen LogP contribution in [0.15, 0.2) is 217 Å². The van der Waals surface area contributed by atoms with Gasteiger partial charge in [-0.2, -0.15) is 0 Å². The van der Waals surface area contributed by atoms with Crippen LogP contribution in [0.4, 0.5) is 17.1 Å². The van der Waals surface area contributed by atoms with Crippen molar-refractivity contribution in [2.75, 3.05) is 9.80 Å². The second-order valence-electron chi connectivity index (χ2n) is 17.6. The van der Waals surface area contributed by atoms with Gasteiger partial charge in [-0.3, -0.25) is 0 Å². The van der Waals surface area contributed by atoms with Gasteiger partial charge in [-0.05, 0) is 141 Å². The average Bonchev–Trinajstić information content (AvgIpc) is 3.34. The predicted molar refractivity (Wildman–Crippen MR) is 265 cm³/mol. The van der Waals surface area contributed by atoms with Crippen molar-refractivity contribution in [3.63, 3.8) is 0 Å². The summed E-state index contributed by atoms with van der Waals surface area (Å²) in [5.74, 6) is 0. The smallest absolute Gasteiger partial charge is 0.0455 e. The van der Waals surface area contributed by atoms with Crippen LogP contribution in [-0.4, -0.2) is 0 Å². The number of hydrogen-bond donors (Lipinski definition) is 0. The zero-order valence-corrected chi connectivity index (χ0v) is 36.6. The van der Waals surface area contributed by atoms with Crippen molar-refractivity contribution in [1.29, 1.82) is 0 Å². The summed E-state index contributed by atoms with van der Waals surface area (Å²) in [4.78, 5) is 4.88. The van der Waals surface area contributed by atoms with Gasteiger partial charge >= 0.3 is 0 Å². The molecule has 310 valence electrons. The molecule has 5 aromatic rings. The lowest BCUT2D eigenvalue weighted by Gasteiger charge is -2.39. The first-order chi connectivity index (χ1) is 30.5. The average molecular weight is 809 g/mol. The zero-order chi connectivity index (χ0) is 42.1. The highest BCUT2D eigenvalue weighted by Crippen LogP contribution is 2.47. The monoisotopic (exact) mass is 808 g/mol. The molecule has 1 saturated carbocycles. The van der Waals surface area contributed by atoms with Crippen LogP contribution in [0.1, 0.15) is 105 Å². The van der Waals surface area contributed by atoms with Crippen LogP contribution < -0.4 is 9.80 Å². The molecule has 0 radical (unpaired) electrons. The van der Waals surface area contributed by atoms with Gasteiger partial charge in [0, 0.05) is 51.7 Å². The third kappa shape index (κ3) is 9.12. The highest BCUT2D eigenvalue weighted by atomic mass is 15.1. The molecule has 2 nitrogen and oxygen atoms in total. The molecule has 5 aromatic carbocycles. The number of hydrogen-bond acceptors (Lipinski definition) is 2. The van der Waals surface area contributed by atoms with E-state index in [-0.39, 0.29) is 5.41 Å². The molecule has 0 amide bonds. The lowest BCUT2D eigenvalue weighted by atomic mass is 9.65. The summed E-state index contributed by atoms with van der Waals surface area (Å²) in [5.41, 5.74) is 18.2. The minimum absolute atomic E-state index is 0.0344. The predicted octanol–water partition coefficient (Wildman–Crippen LogP) is 16.4. The molecule has 9 rings (SSSR count). The van der Waals surface area contributed by atoms with E-state index in [1.807, 2.05) is 0 Å². The SMILES string of the molecule is CC1=CC=C(N(/C=C(\C2=CC=CCC2)c2ccccc2)c2ccc(C3(c4ccc(N(/C=C(\C5=CC=CCC5)c5ccccc5)c5ccc(C)cc5)cc4)CCCCC3)cc2)CC1. The number of rotatable bonds is 12. The van der Waals surface area contributed by atoms with Gasteiger partial charge in [-0.1, -0.05) is 170 Å². The Bertz CT molecular complexity index is 2570. The molecular formula is C60H60N2. The molecule has 1 fully saturated rings. The summed E-state index contributed by atoms with van der Waals surface area (Å²) >= 11 is 0. The Morgan fingerprint density at radius 2 is 0.952 bits per heavy atom. The highest BCUT2D eigenvalue weighted by molar-refractivity contribution is 5.85. The van der Waals surface area contributed by atoms with Crippen molar-refractivity contribution in [2.24, 2.45) is 0 Å². The van der Waals surface area contributed by atoms with Crippen LogP contribution in [0.2, 0.25) is 0 Å². The van der Waals surface area contributed by atoms with E-state index >= 15 is 0 Å². The van der Waals surface area contributed by atoms with Crippen molar-refractivity contribution in [2.45, 2.75) is 89.9 Å². The van der Waals surface area contributed by atoms with E-state index in [0.717, 1.165) is 57.1 Å². The lowest BCUT2D eigenvalue weighted by molar-refractivity contribution is 0.346. The van der Waals surface area contributed by atoms with Crippen LogP contribution in [0.5, 0.6) is 0 Å². The summed E-state index contributed by atoms with van der Waals surface area (Å²) in [7, 11) is 0. The Kier molecular flexibility index (Phi) is 12.6. The van der Waals surface area contributed by atoms with Crippen molar-refractivity contribution < 1.29 is 0 Å². The maximum Gasteiger partial charge on any atom is 0.0455 e. The fourth-order valence-electron chi connectivity index (χ4n) is 9.87. The molecule has 0 bridgehead atoms. The first-order valence-corrected chi connectivity index (χ1v) is 23.0. The minimum atomic E-state index is -0.0344. The Labute approximate surface area is 371 Å². The quantitative estimate of drug-likeness (QED) is 0.124. The van der Waals surface area contributed by atoms with Crippen LogP contribution in [0.3, 0.4) is 0 Å².